The van der Waals surface area contributed by atoms with Gasteiger partial charge in [-0.3, -0.25) is 18.7 Å². The van der Waals surface area contributed by atoms with Crippen LogP contribution in [0.2, 0.25) is 0 Å². The van der Waals surface area contributed by atoms with Gasteiger partial charge in [0.1, 0.15) is 5.88 Å². The van der Waals surface area contributed by atoms with Crippen molar-refractivity contribution >= 4 is 39.3 Å². The Labute approximate surface area is 221 Å². The van der Waals surface area contributed by atoms with E-state index in [1.54, 1.807) is 22.8 Å². The molecule has 0 bridgehead atoms. The van der Waals surface area contributed by atoms with E-state index in [9.17, 15) is 22.8 Å². The largest absolute Gasteiger partial charge is 0.371 e. The Kier molecular flexibility index (Phi) is 8.17. The molecule has 2 aromatic heterocycles. The lowest BCUT2D eigenvalue weighted by atomic mass is 10.1. The van der Waals surface area contributed by atoms with Gasteiger partial charge in [-0.15, -0.1) is 0 Å². The summed E-state index contributed by atoms with van der Waals surface area (Å²) in [6.07, 6.45) is 3.76. The third-order valence-corrected chi connectivity index (χ3v) is 6.98. The van der Waals surface area contributed by atoms with Crippen molar-refractivity contribution in [2.45, 2.75) is 45.8 Å². The summed E-state index contributed by atoms with van der Waals surface area (Å²) in [5.41, 5.74) is 6.92. The fraction of sp³-hybridized carbons (Fsp3) is 0.440. The molecule has 0 spiro atoms. The number of ketones is 1. The number of benzene rings is 1. The second-order valence-electron chi connectivity index (χ2n) is 9.69. The summed E-state index contributed by atoms with van der Waals surface area (Å²) in [5.74, 6) is -0.296. The highest BCUT2D eigenvalue weighted by molar-refractivity contribution is 7.72. The van der Waals surface area contributed by atoms with Gasteiger partial charge >= 0.3 is 5.69 Å². The Morgan fingerprint density at radius 3 is 2.63 bits per heavy atom. The number of para-hydroxylation sites is 1. The second-order valence-corrected chi connectivity index (χ2v) is 10.7. The summed E-state index contributed by atoms with van der Waals surface area (Å²) in [6, 6.07) is 6.36. The van der Waals surface area contributed by atoms with Gasteiger partial charge in [-0.2, -0.15) is 4.98 Å². The topological polar surface area (TPSA) is 154 Å². The number of rotatable bonds is 9. The van der Waals surface area contributed by atoms with Crippen LogP contribution in [0.3, 0.4) is 0 Å². The number of nitrogens with zero attached hydrogens (tertiary/aromatic N) is 5. The molecule has 12 nitrogen and oxygen atoms in total. The minimum atomic E-state index is -2.71. The van der Waals surface area contributed by atoms with E-state index in [4.69, 9.17) is 10.7 Å². The minimum Gasteiger partial charge on any atom is -0.371 e. The molecule has 0 saturated carbocycles. The van der Waals surface area contributed by atoms with Crippen LogP contribution in [0.25, 0.3) is 11.2 Å². The monoisotopic (exact) mass is 543 g/mol. The number of allylic oxidation sites excluding steroid dienone is 2. The fourth-order valence-electron chi connectivity index (χ4n) is 4.64. The van der Waals surface area contributed by atoms with Gasteiger partial charge < -0.3 is 20.5 Å². The van der Waals surface area contributed by atoms with E-state index >= 15 is 0 Å². The lowest BCUT2D eigenvalue weighted by Gasteiger charge is -2.31. The molecule has 4 rings (SSSR count). The first-order valence-corrected chi connectivity index (χ1v) is 13.8. The third-order valence-electron chi connectivity index (χ3n) is 6.56. The molecule has 0 aliphatic carbocycles. The Balaban J connectivity index is 1.83. The van der Waals surface area contributed by atoms with Gasteiger partial charge in [0, 0.05) is 44.0 Å². The molecule has 1 aliphatic rings. The number of hydrogen-bond acceptors (Lipinski definition) is 9. The third kappa shape index (κ3) is 5.58. The number of carbonyl (C=O) groups excluding carboxylic acids is 1. The summed E-state index contributed by atoms with van der Waals surface area (Å²) < 4.78 is 26.0. The number of anilines is 2. The molecule has 3 N–H and O–H groups in total. The Hall–Kier alpha value is -3.71. The van der Waals surface area contributed by atoms with Crippen LogP contribution in [-0.4, -0.2) is 57.9 Å². The van der Waals surface area contributed by atoms with Crippen molar-refractivity contribution in [3.63, 3.8) is 0 Å². The number of nitrogens with two attached hydrogens (primary N) is 1. The molecule has 1 aliphatic heterocycles. The van der Waals surface area contributed by atoms with Gasteiger partial charge in [0.2, 0.25) is 5.95 Å². The molecule has 0 radical (unpaired) electrons. The average Bonchev–Trinajstić information content (AvgIpc) is 3.27. The molecule has 0 amide bonds. The number of hydrogen-bond donors (Lipinski definition) is 3. The number of piperidine rings is 1. The second kappa shape index (κ2) is 11.4. The van der Waals surface area contributed by atoms with Crippen molar-refractivity contribution in [3.05, 3.63) is 62.3 Å². The first kappa shape index (κ1) is 27.3. The van der Waals surface area contributed by atoms with Gasteiger partial charge in [-0.1, -0.05) is 23.8 Å². The molecule has 1 saturated heterocycles. The van der Waals surface area contributed by atoms with Gasteiger partial charge in [-0.05, 0) is 38.8 Å². The average molecular weight is 544 g/mol. The molecule has 13 heteroatoms. The van der Waals surface area contributed by atoms with Crippen molar-refractivity contribution in [1.29, 1.82) is 0 Å². The first-order chi connectivity index (χ1) is 18.1. The molecule has 1 aromatic carbocycles. The molecule has 3 aromatic rings. The lowest BCUT2D eigenvalue weighted by molar-refractivity contribution is 0.0969. The standard InChI is InChI=1S/C25H33N7O5S/c1-16(2)10-12-31-21-22(28-24(31)30-11-6-7-17(26)13-30)29(3)25(35)32(23(21)34)14-20(33)18-8-4-5-9-19(18)27-15-38(36)37/h4-5,8-10,17,27,38H,6-7,11-15,26H2,1-3H3. The number of nitrogens with one attached hydrogen (secondary N) is 1. The zero-order chi connectivity index (χ0) is 27.6. The number of thiol groups is 1. The number of aromatic nitrogens is 4. The van der Waals surface area contributed by atoms with Crippen LogP contribution in [0.4, 0.5) is 11.6 Å². The number of imidazole rings is 1. The summed E-state index contributed by atoms with van der Waals surface area (Å²) in [6.45, 7) is 5.07. The Morgan fingerprint density at radius 1 is 1.21 bits per heavy atom. The molecule has 1 atom stereocenters. The van der Waals surface area contributed by atoms with E-state index in [-0.39, 0.29) is 28.6 Å². The van der Waals surface area contributed by atoms with E-state index in [0.717, 1.165) is 29.5 Å². The number of fused-ring (bicyclic) bond motifs is 1. The van der Waals surface area contributed by atoms with E-state index in [0.29, 0.717) is 24.7 Å². The van der Waals surface area contributed by atoms with E-state index in [1.807, 2.05) is 24.8 Å². The maximum absolute atomic E-state index is 13.8. The normalized spacial score (nSPS) is 15.7. The summed E-state index contributed by atoms with van der Waals surface area (Å²) in [7, 11) is -1.19. The van der Waals surface area contributed by atoms with Crippen LogP contribution in [-0.2, 0) is 30.8 Å². The van der Waals surface area contributed by atoms with Crippen LogP contribution < -0.4 is 27.2 Å². The van der Waals surface area contributed by atoms with E-state index in [2.05, 4.69) is 5.32 Å². The molecule has 204 valence electrons. The molecule has 1 fully saturated rings. The maximum atomic E-state index is 13.8. The van der Waals surface area contributed by atoms with Crippen molar-refractivity contribution in [1.82, 2.24) is 18.7 Å². The smallest absolute Gasteiger partial charge is 0.332 e. The van der Waals surface area contributed by atoms with Crippen molar-refractivity contribution in [3.8, 4) is 0 Å². The summed E-state index contributed by atoms with van der Waals surface area (Å²) >= 11 is 0. The minimum absolute atomic E-state index is 0.0213. The highest BCUT2D eigenvalue weighted by Gasteiger charge is 2.26. The van der Waals surface area contributed by atoms with Gasteiger partial charge in [0.15, 0.2) is 27.7 Å². The highest BCUT2D eigenvalue weighted by atomic mass is 32.2. The molecular weight excluding hydrogens is 510 g/mol. The molecular formula is C25H33N7O5S. The van der Waals surface area contributed by atoms with Crippen LogP contribution in [0.15, 0.2) is 45.5 Å². The van der Waals surface area contributed by atoms with Crippen LogP contribution in [0, 0.1) is 0 Å². The van der Waals surface area contributed by atoms with Crippen molar-refractivity contribution < 1.29 is 13.2 Å². The predicted molar refractivity (Wildman–Crippen MR) is 148 cm³/mol. The van der Waals surface area contributed by atoms with Gasteiger partial charge in [0.25, 0.3) is 5.56 Å². The van der Waals surface area contributed by atoms with Crippen molar-refractivity contribution in [2.24, 2.45) is 12.8 Å². The Morgan fingerprint density at radius 2 is 1.95 bits per heavy atom. The molecule has 38 heavy (non-hydrogen) atoms. The lowest BCUT2D eigenvalue weighted by Crippen LogP contribution is -2.44. The van der Waals surface area contributed by atoms with Gasteiger partial charge in [-0.25, -0.2) is 13.2 Å². The van der Waals surface area contributed by atoms with Gasteiger partial charge in [0.05, 0.1) is 6.54 Å². The summed E-state index contributed by atoms with van der Waals surface area (Å²) in [5, 5.41) is 2.71. The van der Waals surface area contributed by atoms with Crippen molar-refractivity contribution in [2.75, 3.05) is 29.2 Å². The number of carbonyl (C=O) groups is 1. The predicted octanol–water partition coefficient (Wildman–Crippen LogP) is 0.654. The summed E-state index contributed by atoms with van der Waals surface area (Å²) in [4.78, 5) is 47.0. The van der Waals surface area contributed by atoms with E-state index < -0.39 is 34.3 Å². The number of Topliss-reactive ketones (excluding diaryl/α,β-unsaturated/α-hetero) is 1. The zero-order valence-corrected chi connectivity index (χ0v) is 22.6. The van der Waals surface area contributed by atoms with Crippen LogP contribution in [0.5, 0.6) is 0 Å². The maximum Gasteiger partial charge on any atom is 0.332 e. The highest BCUT2D eigenvalue weighted by Crippen LogP contribution is 2.23. The number of aryl methyl sites for hydroxylation is 1. The van der Waals surface area contributed by atoms with E-state index in [1.165, 1.54) is 17.7 Å². The zero-order valence-electron chi connectivity index (χ0n) is 21.7. The van der Waals surface area contributed by atoms with Crippen LogP contribution >= 0.6 is 0 Å². The first-order valence-electron chi connectivity index (χ1n) is 12.4. The molecule has 3 heterocycles. The SMILES string of the molecule is CC(C)=CCn1c(N2CCCC(N)C2)nc2c1c(=O)n(CC(=O)c1ccccc1NC[SH](=O)=O)c(=O)n2C. The fourth-order valence-corrected chi connectivity index (χ4v) is 4.94. The Bertz CT molecular complexity index is 1590. The quantitative estimate of drug-likeness (QED) is 0.200. The van der Waals surface area contributed by atoms with Crippen LogP contribution in [0.1, 0.15) is 37.0 Å². The molecule has 1 unspecified atom stereocenters.